The molecule has 5 heteroatoms. The quantitative estimate of drug-likeness (QED) is 0.408. The number of hydrogen-bond acceptors (Lipinski definition) is 2. The molecule has 23 heavy (non-hydrogen) atoms. The molecule has 0 aliphatic heterocycles. The first-order valence-electron chi connectivity index (χ1n) is 9.28. The van der Waals surface area contributed by atoms with Crippen LogP contribution >= 0.6 is 7.26 Å². The molecule has 0 fully saturated rings. The van der Waals surface area contributed by atoms with Crippen LogP contribution in [0.2, 0.25) is 0 Å². The van der Waals surface area contributed by atoms with E-state index in [1.807, 2.05) is 13.8 Å². The average Bonchev–Trinajstić information content (AvgIpc) is 2.48. The Morgan fingerprint density at radius 1 is 0.957 bits per heavy atom. The fraction of sp³-hybridized carbons (Fsp3) is 0.944. The van der Waals surface area contributed by atoms with E-state index in [-0.39, 0.29) is 6.15 Å². The van der Waals surface area contributed by atoms with Crippen LogP contribution in [0.25, 0.3) is 0 Å². The van der Waals surface area contributed by atoms with Crippen LogP contribution in [0.3, 0.4) is 0 Å². The van der Waals surface area contributed by atoms with Crippen LogP contribution in [-0.4, -0.2) is 42.9 Å². The summed E-state index contributed by atoms with van der Waals surface area (Å²) in [4.78, 5) is 9.79. The number of unbranched alkanes of at least 4 members (excludes halogenated alkanes) is 3. The summed E-state index contributed by atoms with van der Waals surface area (Å²) in [6.45, 7) is 14.1. The van der Waals surface area contributed by atoms with Gasteiger partial charge in [-0.2, -0.15) is 0 Å². The van der Waals surface area contributed by atoms with Crippen LogP contribution < -0.4 is 11.5 Å². The van der Waals surface area contributed by atoms with E-state index >= 15 is 0 Å². The third-order valence-corrected chi connectivity index (χ3v) is 8.75. The van der Waals surface area contributed by atoms with Crippen molar-refractivity contribution < 1.29 is 9.90 Å². The maximum absolute atomic E-state index is 9.79. The summed E-state index contributed by atoms with van der Waals surface area (Å²) < 4.78 is 0. The van der Waals surface area contributed by atoms with Crippen molar-refractivity contribution in [1.29, 1.82) is 0 Å². The third kappa shape index (κ3) is 21.7. The van der Waals surface area contributed by atoms with Crippen LogP contribution in [0.15, 0.2) is 0 Å². The monoisotopic (exact) mass is 352 g/mol. The molecule has 0 bridgehead atoms. The van der Waals surface area contributed by atoms with Crippen LogP contribution in [-0.2, 0) is 0 Å². The molecule has 0 aromatic heterocycles. The van der Waals surface area contributed by atoms with E-state index in [1.165, 1.54) is 38.5 Å². The van der Waals surface area contributed by atoms with Crippen molar-refractivity contribution in [2.75, 3.05) is 31.7 Å². The minimum Gasteiger partial charge on any atom is -0.344 e. The second kappa shape index (κ2) is 18.0. The van der Waals surface area contributed by atoms with Crippen LogP contribution in [0.1, 0.15) is 73.1 Å². The van der Waals surface area contributed by atoms with Crippen molar-refractivity contribution >= 4 is 13.4 Å². The molecular weight excluding hydrogens is 307 g/mol. The molecule has 0 aromatic rings. The maximum Gasteiger partial charge on any atom is -0.344 e. The Kier molecular flexibility index (Phi) is 21.5. The minimum absolute atomic E-state index is 0. The zero-order valence-corrected chi connectivity index (χ0v) is 17.7. The SMILES string of the molecule is CC(C)CNC(=O)O.CCCC[PH](C)(CCCC)CCCC.N. The first-order chi connectivity index (χ1) is 10.3. The summed E-state index contributed by atoms with van der Waals surface area (Å²) in [5, 5.41) is 10.3. The van der Waals surface area contributed by atoms with Gasteiger partial charge in [-0.25, -0.2) is 4.79 Å². The predicted molar refractivity (Wildman–Crippen MR) is 109 cm³/mol. The Balaban J connectivity index is -0.000000382. The van der Waals surface area contributed by atoms with E-state index in [4.69, 9.17) is 5.11 Å². The molecule has 0 spiro atoms. The molecule has 0 radical (unpaired) electrons. The molecule has 0 aliphatic carbocycles. The second-order valence-electron chi connectivity index (χ2n) is 7.20. The van der Waals surface area contributed by atoms with E-state index in [1.54, 1.807) is 18.5 Å². The summed E-state index contributed by atoms with van der Waals surface area (Å²) in [5.41, 5.74) is 0. The van der Waals surface area contributed by atoms with Crippen LogP contribution in [0.4, 0.5) is 4.79 Å². The smallest absolute Gasteiger partial charge is 0.344 e. The molecule has 0 aromatic carbocycles. The molecule has 5 N–H and O–H groups in total. The Labute approximate surface area is 146 Å². The van der Waals surface area contributed by atoms with E-state index in [9.17, 15) is 4.79 Å². The van der Waals surface area contributed by atoms with Gasteiger partial charge in [-0.05, 0) is 5.92 Å². The largest absolute Gasteiger partial charge is 0.344 e. The van der Waals surface area contributed by atoms with Gasteiger partial charge in [0.15, 0.2) is 0 Å². The number of rotatable bonds is 11. The van der Waals surface area contributed by atoms with E-state index < -0.39 is 13.4 Å². The standard InChI is InChI=1S/C13H31P.C5H11NO2.H3N/c1-5-8-11-14(4,12-9-6-2)13-10-7-3;1-4(2)3-6-5(7)8;/h14H,5-13H2,1-4H3;4,6H,3H2,1-2H3,(H,7,8);1H3. The van der Waals surface area contributed by atoms with Crippen molar-refractivity contribution in [2.45, 2.75) is 73.1 Å². The zero-order chi connectivity index (χ0) is 17.4. The first kappa shape index (κ1) is 27.5. The molecule has 0 rings (SSSR count). The summed E-state index contributed by atoms with van der Waals surface area (Å²) >= 11 is 0. The maximum atomic E-state index is 9.79. The van der Waals surface area contributed by atoms with Gasteiger partial charge in [-0.3, -0.25) is 0 Å². The number of amides is 1. The van der Waals surface area contributed by atoms with Crippen molar-refractivity contribution in [3.8, 4) is 0 Å². The van der Waals surface area contributed by atoms with Gasteiger partial charge < -0.3 is 16.6 Å². The second-order valence-corrected chi connectivity index (χ2v) is 12.3. The Morgan fingerprint density at radius 3 is 1.48 bits per heavy atom. The molecule has 4 nitrogen and oxygen atoms in total. The van der Waals surface area contributed by atoms with Crippen molar-refractivity contribution in [3.05, 3.63) is 0 Å². The molecule has 144 valence electrons. The predicted octanol–water partition coefficient (Wildman–Crippen LogP) is 5.84. The summed E-state index contributed by atoms with van der Waals surface area (Å²) in [5.74, 6) is 0.395. The number of carboxylic acid groups (broad SMARTS) is 1. The van der Waals surface area contributed by atoms with Gasteiger partial charge in [0.05, 0.1) is 0 Å². The summed E-state index contributed by atoms with van der Waals surface area (Å²) in [6.07, 6.45) is 12.4. The van der Waals surface area contributed by atoms with Crippen LogP contribution in [0, 0.1) is 5.92 Å². The van der Waals surface area contributed by atoms with Gasteiger partial charge in [-0.15, -0.1) is 0 Å². The van der Waals surface area contributed by atoms with Crippen molar-refractivity contribution in [3.63, 3.8) is 0 Å². The Bertz CT molecular complexity index is 240. The Morgan fingerprint density at radius 2 is 1.30 bits per heavy atom. The van der Waals surface area contributed by atoms with Gasteiger partial charge in [0.2, 0.25) is 0 Å². The molecule has 0 heterocycles. The number of nitrogens with one attached hydrogen (secondary N) is 1. The van der Waals surface area contributed by atoms with Gasteiger partial charge in [0.25, 0.3) is 0 Å². The fourth-order valence-corrected chi connectivity index (χ4v) is 6.85. The summed E-state index contributed by atoms with van der Waals surface area (Å²) in [7, 11) is -0.812. The molecule has 0 saturated heterocycles. The molecular formula is C18H45N2O2P. The number of hydrogen-bond donors (Lipinski definition) is 3. The van der Waals surface area contributed by atoms with Gasteiger partial charge in [0.1, 0.15) is 0 Å². The van der Waals surface area contributed by atoms with Gasteiger partial charge in [-0.1, -0.05) is 13.8 Å². The fourth-order valence-electron chi connectivity index (χ4n) is 2.48. The van der Waals surface area contributed by atoms with E-state index in [2.05, 4.69) is 32.8 Å². The molecule has 1 amide bonds. The van der Waals surface area contributed by atoms with Crippen molar-refractivity contribution in [1.82, 2.24) is 11.5 Å². The normalized spacial score (nSPS) is 11.3. The number of carbonyl (C=O) groups is 1. The van der Waals surface area contributed by atoms with E-state index in [0.29, 0.717) is 12.5 Å². The zero-order valence-electron chi connectivity index (χ0n) is 16.7. The molecule has 0 saturated carbocycles. The minimum atomic E-state index is -0.946. The molecule has 0 aliphatic rings. The molecule has 0 unspecified atom stereocenters. The molecule has 0 atom stereocenters. The topological polar surface area (TPSA) is 84.3 Å². The van der Waals surface area contributed by atoms with Gasteiger partial charge in [0, 0.05) is 6.54 Å². The summed E-state index contributed by atoms with van der Waals surface area (Å²) in [6, 6.07) is 0. The van der Waals surface area contributed by atoms with E-state index in [0.717, 1.165) is 0 Å². The van der Waals surface area contributed by atoms with Crippen molar-refractivity contribution in [2.24, 2.45) is 5.92 Å². The Hall–Kier alpha value is -0.340. The van der Waals surface area contributed by atoms with Gasteiger partial charge >= 0.3 is 97.8 Å². The first-order valence-corrected chi connectivity index (χ1v) is 12.4. The van der Waals surface area contributed by atoms with Crippen LogP contribution in [0.5, 0.6) is 0 Å². The third-order valence-electron chi connectivity index (χ3n) is 4.06. The average molecular weight is 353 g/mol.